The van der Waals surface area contributed by atoms with E-state index in [0.29, 0.717) is 5.92 Å². The van der Waals surface area contributed by atoms with Gasteiger partial charge in [-0.3, -0.25) is 0 Å². The summed E-state index contributed by atoms with van der Waals surface area (Å²) in [5.41, 5.74) is 1.11. The largest absolute Gasteiger partial charge is 0.311 e. The molecule has 2 unspecified atom stereocenters. The quantitative estimate of drug-likeness (QED) is 0.301. The molecule has 22 heavy (non-hydrogen) atoms. The van der Waals surface area contributed by atoms with Gasteiger partial charge < -0.3 is 5.01 Å². The Kier molecular flexibility index (Phi) is 9.98. The Labute approximate surface area is 138 Å². The van der Waals surface area contributed by atoms with Crippen LogP contribution in [0.4, 0.5) is 5.69 Å². The highest BCUT2D eigenvalue weighted by Crippen LogP contribution is 2.20. The van der Waals surface area contributed by atoms with Gasteiger partial charge in [-0.2, -0.15) is 0 Å². The lowest BCUT2D eigenvalue weighted by molar-refractivity contribution is 0.398. The van der Waals surface area contributed by atoms with Crippen molar-refractivity contribution < 1.29 is 0 Å². The topological polar surface area (TPSA) is 29.3 Å². The molecule has 0 saturated carbocycles. The first kappa shape index (κ1) is 19.0. The zero-order chi connectivity index (χ0) is 16.2. The van der Waals surface area contributed by atoms with Crippen LogP contribution in [0.3, 0.4) is 0 Å². The highest BCUT2D eigenvalue weighted by molar-refractivity contribution is 5.44. The van der Waals surface area contributed by atoms with Crippen LogP contribution in [-0.2, 0) is 0 Å². The summed E-state index contributed by atoms with van der Waals surface area (Å²) in [6, 6.07) is 10.3. The molecule has 0 aromatic heterocycles. The number of para-hydroxylation sites is 1. The number of anilines is 1. The molecule has 1 aromatic carbocycles. The Hall–Kier alpha value is -1.02. The number of hydrazine groups is 1. The molecule has 126 valence electrons. The zero-order valence-corrected chi connectivity index (χ0v) is 14.9. The SMILES string of the molecule is CCCCCCCC(C)CCC(C)CN(N)c1ccccc1. The number of benzene rings is 1. The molecular weight excluding hydrogens is 268 g/mol. The zero-order valence-electron chi connectivity index (χ0n) is 14.9. The minimum atomic E-state index is 0.646. The van der Waals surface area contributed by atoms with Crippen molar-refractivity contribution in [3.05, 3.63) is 30.3 Å². The summed E-state index contributed by atoms with van der Waals surface area (Å²) < 4.78 is 0. The molecule has 0 heterocycles. The van der Waals surface area contributed by atoms with E-state index in [4.69, 9.17) is 5.84 Å². The Balaban J connectivity index is 2.13. The smallest absolute Gasteiger partial charge is 0.0517 e. The van der Waals surface area contributed by atoms with Gasteiger partial charge in [0.05, 0.1) is 5.69 Å². The van der Waals surface area contributed by atoms with Crippen molar-refractivity contribution in [1.29, 1.82) is 0 Å². The maximum Gasteiger partial charge on any atom is 0.0517 e. The average Bonchev–Trinajstić information content (AvgIpc) is 2.53. The van der Waals surface area contributed by atoms with Crippen LogP contribution in [0.25, 0.3) is 0 Å². The molecule has 0 amide bonds. The summed E-state index contributed by atoms with van der Waals surface area (Å²) in [6.07, 6.45) is 11.0. The molecular formula is C20H36N2. The predicted molar refractivity (Wildman–Crippen MR) is 98.9 cm³/mol. The summed E-state index contributed by atoms with van der Waals surface area (Å²) in [6.45, 7) is 7.94. The van der Waals surface area contributed by atoms with Crippen LogP contribution in [0.1, 0.15) is 72.1 Å². The molecule has 0 bridgehead atoms. The van der Waals surface area contributed by atoms with Gasteiger partial charge in [0.1, 0.15) is 0 Å². The molecule has 1 rings (SSSR count). The van der Waals surface area contributed by atoms with Crippen LogP contribution in [0.2, 0.25) is 0 Å². The molecule has 0 aliphatic heterocycles. The van der Waals surface area contributed by atoms with Crippen LogP contribution in [0.15, 0.2) is 30.3 Å². The molecule has 0 aliphatic rings. The number of unbranched alkanes of at least 4 members (excludes halogenated alkanes) is 4. The van der Waals surface area contributed by atoms with E-state index in [-0.39, 0.29) is 0 Å². The van der Waals surface area contributed by atoms with E-state index in [0.717, 1.165) is 18.2 Å². The van der Waals surface area contributed by atoms with Crippen molar-refractivity contribution in [1.82, 2.24) is 0 Å². The standard InChI is InChI=1S/C20H36N2/c1-4-5-6-7-9-12-18(2)15-16-19(3)17-22(21)20-13-10-8-11-14-20/h8,10-11,13-14,18-19H,4-7,9,12,15-17,21H2,1-3H3. The lowest BCUT2D eigenvalue weighted by atomic mass is 9.93. The molecule has 0 radical (unpaired) electrons. The van der Waals surface area contributed by atoms with Crippen molar-refractivity contribution in [3.63, 3.8) is 0 Å². The molecule has 0 spiro atoms. The van der Waals surface area contributed by atoms with E-state index < -0.39 is 0 Å². The number of rotatable bonds is 12. The van der Waals surface area contributed by atoms with Crippen molar-refractivity contribution in [2.75, 3.05) is 11.6 Å². The van der Waals surface area contributed by atoms with Crippen LogP contribution in [0.5, 0.6) is 0 Å². The summed E-state index contributed by atoms with van der Waals surface area (Å²) in [4.78, 5) is 0. The molecule has 2 heteroatoms. The lowest BCUT2D eigenvalue weighted by Gasteiger charge is -2.23. The Bertz CT molecular complexity index is 363. The molecule has 0 aliphatic carbocycles. The first-order valence-electron chi connectivity index (χ1n) is 9.20. The number of nitrogens with zero attached hydrogens (tertiary/aromatic N) is 1. The van der Waals surface area contributed by atoms with E-state index >= 15 is 0 Å². The van der Waals surface area contributed by atoms with E-state index in [2.05, 4.69) is 32.9 Å². The second kappa shape index (κ2) is 11.5. The Morgan fingerprint density at radius 1 is 0.864 bits per heavy atom. The van der Waals surface area contributed by atoms with Gasteiger partial charge in [-0.15, -0.1) is 0 Å². The maximum absolute atomic E-state index is 6.16. The van der Waals surface area contributed by atoms with Gasteiger partial charge in [0.25, 0.3) is 0 Å². The van der Waals surface area contributed by atoms with E-state index in [1.54, 1.807) is 0 Å². The fraction of sp³-hybridized carbons (Fsp3) is 0.700. The monoisotopic (exact) mass is 304 g/mol. The summed E-state index contributed by atoms with van der Waals surface area (Å²) in [7, 11) is 0. The normalized spacial score (nSPS) is 13.8. The molecule has 0 fully saturated rings. The van der Waals surface area contributed by atoms with Crippen molar-refractivity contribution in [2.24, 2.45) is 17.7 Å². The fourth-order valence-electron chi connectivity index (χ4n) is 2.96. The molecule has 2 nitrogen and oxygen atoms in total. The highest BCUT2D eigenvalue weighted by Gasteiger charge is 2.10. The highest BCUT2D eigenvalue weighted by atomic mass is 15.4. The molecule has 2 N–H and O–H groups in total. The Morgan fingerprint density at radius 3 is 2.18 bits per heavy atom. The van der Waals surface area contributed by atoms with E-state index in [1.165, 1.54) is 51.4 Å². The number of hydrogen-bond donors (Lipinski definition) is 1. The van der Waals surface area contributed by atoms with Crippen molar-refractivity contribution in [2.45, 2.75) is 72.1 Å². The second-order valence-corrected chi connectivity index (χ2v) is 6.98. The molecule has 0 saturated heterocycles. The summed E-state index contributed by atoms with van der Waals surface area (Å²) >= 11 is 0. The fourth-order valence-corrected chi connectivity index (χ4v) is 2.96. The van der Waals surface area contributed by atoms with E-state index in [1.807, 2.05) is 23.2 Å². The Morgan fingerprint density at radius 2 is 1.50 bits per heavy atom. The third kappa shape index (κ3) is 8.43. The number of nitrogens with two attached hydrogens (primary N) is 1. The van der Waals surface area contributed by atoms with Gasteiger partial charge >= 0.3 is 0 Å². The van der Waals surface area contributed by atoms with Crippen molar-refractivity contribution in [3.8, 4) is 0 Å². The average molecular weight is 305 g/mol. The minimum Gasteiger partial charge on any atom is -0.311 e. The van der Waals surface area contributed by atoms with Gasteiger partial charge in [-0.1, -0.05) is 83.9 Å². The van der Waals surface area contributed by atoms with Crippen LogP contribution in [0, 0.1) is 11.8 Å². The van der Waals surface area contributed by atoms with Crippen LogP contribution in [-0.4, -0.2) is 6.54 Å². The van der Waals surface area contributed by atoms with Crippen LogP contribution < -0.4 is 10.9 Å². The maximum atomic E-state index is 6.16. The first-order chi connectivity index (χ1) is 10.6. The first-order valence-corrected chi connectivity index (χ1v) is 9.20. The van der Waals surface area contributed by atoms with Gasteiger partial charge in [-0.25, -0.2) is 5.84 Å². The summed E-state index contributed by atoms with van der Waals surface area (Å²) in [5.74, 6) is 7.66. The van der Waals surface area contributed by atoms with Gasteiger partial charge in [-0.05, 0) is 30.4 Å². The second-order valence-electron chi connectivity index (χ2n) is 6.98. The minimum absolute atomic E-state index is 0.646. The predicted octanol–water partition coefficient (Wildman–Crippen LogP) is 5.78. The van der Waals surface area contributed by atoms with Crippen LogP contribution >= 0.6 is 0 Å². The molecule has 1 aromatic rings. The van der Waals surface area contributed by atoms with Gasteiger partial charge in [0, 0.05) is 6.54 Å². The summed E-state index contributed by atoms with van der Waals surface area (Å²) in [5, 5.41) is 1.89. The lowest BCUT2D eigenvalue weighted by Crippen LogP contribution is -2.35. The third-order valence-corrected chi connectivity index (χ3v) is 4.55. The van der Waals surface area contributed by atoms with Crippen molar-refractivity contribution >= 4 is 5.69 Å². The molecule has 2 atom stereocenters. The number of hydrogen-bond acceptors (Lipinski definition) is 2. The van der Waals surface area contributed by atoms with Gasteiger partial charge in [0.2, 0.25) is 0 Å². The third-order valence-electron chi connectivity index (χ3n) is 4.55. The van der Waals surface area contributed by atoms with Gasteiger partial charge in [0.15, 0.2) is 0 Å². The van der Waals surface area contributed by atoms with E-state index in [9.17, 15) is 0 Å².